The molecule has 0 aliphatic heterocycles. The SMILES string of the molecule is CC(C)CCC[C@@H](C)[C@H]1CC[C@H]2[C@@H]3CC=C4C[C@@H](OC(=O)N(CCCCCCCCNC(=O)OC(C)(C)C)CCCNC(=O)OC(C)(C)C)CC[C@]4(C)[C@H]3CC[C@]12C. The number of ether oxygens (including phenoxy) is 3. The average Bonchev–Trinajstić information content (AvgIpc) is 3.47. The summed E-state index contributed by atoms with van der Waals surface area (Å²) in [7, 11) is 0. The van der Waals surface area contributed by atoms with E-state index in [0.29, 0.717) is 38.0 Å². The zero-order valence-corrected chi connectivity index (χ0v) is 39.1. The molecule has 0 bridgehead atoms. The Hall–Kier alpha value is -2.45. The van der Waals surface area contributed by atoms with Crippen molar-refractivity contribution in [2.75, 3.05) is 26.2 Å². The van der Waals surface area contributed by atoms with E-state index in [0.717, 1.165) is 93.3 Å². The second-order valence-electron chi connectivity index (χ2n) is 21.9. The molecule has 58 heavy (non-hydrogen) atoms. The first-order valence-electron chi connectivity index (χ1n) is 23.8. The maximum Gasteiger partial charge on any atom is 0.410 e. The second kappa shape index (κ2) is 21.4. The van der Waals surface area contributed by atoms with Crippen molar-refractivity contribution >= 4 is 18.3 Å². The molecule has 3 saturated carbocycles. The minimum atomic E-state index is -0.554. The molecule has 0 aromatic carbocycles. The van der Waals surface area contributed by atoms with Gasteiger partial charge in [0.2, 0.25) is 0 Å². The van der Waals surface area contributed by atoms with Crippen molar-refractivity contribution in [3.05, 3.63) is 11.6 Å². The molecule has 0 saturated heterocycles. The van der Waals surface area contributed by atoms with Crippen LogP contribution in [0.3, 0.4) is 0 Å². The van der Waals surface area contributed by atoms with E-state index in [9.17, 15) is 14.4 Å². The van der Waals surface area contributed by atoms with Crippen LogP contribution in [0.4, 0.5) is 14.4 Å². The third kappa shape index (κ3) is 14.1. The van der Waals surface area contributed by atoms with Crippen LogP contribution in [-0.2, 0) is 14.2 Å². The molecular formula is C49H87N3O6. The Morgan fingerprint density at radius 1 is 0.741 bits per heavy atom. The molecule has 3 fully saturated rings. The largest absolute Gasteiger partial charge is 0.446 e. The van der Waals surface area contributed by atoms with Gasteiger partial charge in [0.15, 0.2) is 0 Å². The summed E-state index contributed by atoms with van der Waals surface area (Å²) in [4.78, 5) is 39.8. The number of rotatable bonds is 19. The first-order valence-corrected chi connectivity index (χ1v) is 23.8. The molecule has 8 atom stereocenters. The van der Waals surface area contributed by atoms with Crippen LogP contribution in [0.25, 0.3) is 0 Å². The van der Waals surface area contributed by atoms with Crippen LogP contribution in [-0.4, -0.2) is 66.7 Å². The summed E-state index contributed by atoms with van der Waals surface area (Å²) in [6.07, 6.45) is 21.9. The zero-order chi connectivity index (χ0) is 42.7. The second-order valence-corrected chi connectivity index (χ2v) is 21.9. The van der Waals surface area contributed by atoms with Gasteiger partial charge in [0.25, 0.3) is 0 Å². The maximum atomic E-state index is 13.8. The molecule has 0 heterocycles. The number of carbonyl (C=O) groups is 3. The van der Waals surface area contributed by atoms with Crippen LogP contribution < -0.4 is 10.6 Å². The number of fused-ring (bicyclic) bond motifs is 5. The first kappa shape index (κ1) is 48.2. The number of hydrogen-bond acceptors (Lipinski definition) is 6. The number of nitrogens with zero attached hydrogens (tertiary/aromatic N) is 1. The summed E-state index contributed by atoms with van der Waals surface area (Å²) in [5.41, 5.74) is 1.21. The quantitative estimate of drug-likeness (QED) is 0.0764. The molecule has 9 heteroatoms. The van der Waals surface area contributed by atoms with Crippen LogP contribution in [0.5, 0.6) is 0 Å². The van der Waals surface area contributed by atoms with Crippen LogP contribution in [0.2, 0.25) is 0 Å². The van der Waals surface area contributed by atoms with E-state index in [2.05, 4.69) is 51.3 Å². The summed E-state index contributed by atoms with van der Waals surface area (Å²) >= 11 is 0. The van der Waals surface area contributed by atoms with E-state index in [4.69, 9.17) is 14.2 Å². The Morgan fingerprint density at radius 3 is 1.98 bits per heavy atom. The lowest BCUT2D eigenvalue weighted by molar-refractivity contribution is -0.0593. The minimum absolute atomic E-state index is 0.0866. The molecule has 4 aliphatic carbocycles. The molecule has 2 N–H and O–H groups in total. The van der Waals surface area contributed by atoms with Gasteiger partial charge in [-0.1, -0.05) is 91.2 Å². The highest BCUT2D eigenvalue weighted by Gasteiger charge is 2.59. The molecular weight excluding hydrogens is 727 g/mol. The molecule has 0 aromatic heterocycles. The van der Waals surface area contributed by atoms with E-state index in [1.165, 1.54) is 51.4 Å². The summed E-state index contributed by atoms with van der Waals surface area (Å²) in [5.74, 6) is 4.87. The molecule has 0 aromatic rings. The summed E-state index contributed by atoms with van der Waals surface area (Å²) in [6.45, 7) is 25.9. The average molecular weight is 814 g/mol. The highest BCUT2D eigenvalue weighted by Crippen LogP contribution is 2.67. The fourth-order valence-corrected chi connectivity index (χ4v) is 11.7. The van der Waals surface area contributed by atoms with Crippen molar-refractivity contribution in [2.45, 2.75) is 209 Å². The zero-order valence-electron chi connectivity index (χ0n) is 39.1. The molecule has 9 nitrogen and oxygen atoms in total. The molecule has 4 aliphatic rings. The van der Waals surface area contributed by atoms with Crippen LogP contribution in [0, 0.1) is 46.3 Å². The standard InChI is InChI=1S/C49H87N3O6/c1-35(2)20-18-21-36(3)40-24-25-41-39-23-22-37-34-38(26-28-48(37,10)42(39)27-29-49(40,41)11)56-45(55)52(33-19-31-51-44(54)58-47(7,8)9)32-17-15-13-12-14-16-30-50-43(53)57-46(4,5)6/h22,35-36,38-42H,12-21,23-34H2,1-11H3,(H,50,53)(H,51,54)/t36-,38+,39+,40-,41+,42+,48+,49-/m1/s1. The predicted octanol–water partition coefficient (Wildman–Crippen LogP) is 12.6. The number of carbonyl (C=O) groups excluding carboxylic acids is 3. The van der Waals surface area contributed by atoms with Crippen LogP contribution in [0.15, 0.2) is 11.6 Å². The molecule has 334 valence electrons. The lowest BCUT2D eigenvalue weighted by Crippen LogP contribution is -2.51. The van der Waals surface area contributed by atoms with Crippen LogP contribution >= 0.6 is 0 Å². The molecule has 4 rings (SSSR count). The van der Waals surface area contributed by atoms with Crippen molar-refractivity contribution in [1.29, 1.82) is 0 Å². The number of hydrogen-bond donors (Lipinski definition) is 2. The monoisotopic (exact) mass is 814 g/mol. The van der Waals surface area contributed by atoms with Crippen molar-refractivity contribution in [1.82, 2.24) is 15.5 Å². The van der Waals surface area contributed by atoms with Gasteiger partial charge < -0.3 is 29.7 Å². The minimum Gasteiger partial charge on any atom is -0.446 e. The highest BCUT2D eigenvalue weighted by molar-refractivity contribution is 5.68. The summed E-state index contributed by atoms with van der Waals surface area (Å²) < 4.78 is 17.1. The fourth-order valence-electron chi connectivity index (χ4n) is 11.7. The predicted molar refractivity (Wildman–Crippen MR) is 236 cm³/mol. The Kier molecular flexibility index (Phi) is 17.8. The van der Waals surface area contributed by atoms with E-state index in [1.807, 2.05) is 46.4 Å². The number of amides is 3. The summed E-state index contributed by atoms with van der Waals surface area (Å²) in [5, 5.41) is 5.68. The normalized spacial score (nSPS) is 28.7. The Bertz CT molecular complexity index is 1350. The van der Waals surface area contributed by atoms with Gasteiger partial charge in [-0.05, 0) is 152 Å². The van der Waals surface area contributed by atoms with Crippen LogP contribution in [0.1, 0.15) is 192 Å². The van der Waals surface area contributed by atoms with Crippen molar-refractivity contribution in [2.24, 2.45) is 46.3 Å². The third-order valence-corrected chi connectivity index (χ3v) is 14.6. The molecule has 0 radical (unpaired) electrons. The van der Waals surface area contributed by atoms with Gasteiger partial charge in [0.1, 0.15) is 17.3 Å². The van der Waals surface area contributed by atoms with E-state index in [-0.39, 0.29) is 23.7 Å². The lowest BCUT2D eigenvalue weighted by atomic mass is 9.47. The number of allylic oxidation sites excluding steroid dienone is 1. The van der Waals surface area contributed by atoms with Gasteiger partial charge in [-0.2, -0.15) is 0 Å². The Morgan fingerprint density at radius 2 is 1.34 bits per heavy atom. The Balaban J connectivity index is 1.27. The topological polar surface area (TPSA) is 106 Å². The third-order valence-electron chi connectivity index (χ3n) is 14.6. The van der Waals surface area contributed by atoms with Crippen molar-refractivity contribution < 1.29 is 28.6 Å². The first-order chi connectivity index (χ1) is 27.2. The molecule has 3 amide bonds. The van der Waals surface area contributed by atoms with Gasteiger partial charge in [-0.3, -0.25) is 0 Å². The highest BCUT2D eigenvalue weighted by atomic mass is 16.6. The number of nitrogens with one attached hydrogen (secondary N) is 2. The van der Waals surface area contributed by atoms with Gasteiger partial charge in [0.05, 0.1) is 0 Å². The fraction of sp³-hybridized carbons (Fsp3) is 0.898. The van der Waals surface area contributed by atoms with Crippen molar-refractivity contribution in [3.63, 3.8) is 0 Å². The molecule has 0 spiro atoms. The van der Waals surface area contributed by atoms with Gasteiger partial charge in [0, 0.05) is 32.6 Å². The maximum absolute atomic E-state index is 13.8. The van der Waals surface area contributed by atoms with E-state index < -0.39 is 17.3 Å². The van der Waals surface area contributed by atoms with E-state index in [1.54, 1.807) is 5.57 Å². The van der Waals surface area contributed by atoms with Gasteiger partial charge >= 0.3 is 18.3 Å². The van der Waals surface area contributed by atoms with E-state index >= 15 is 0 Å². The Labute approximate surface area is 354 Å². The smallest absolute Gasteiger partial charge is 0.410 e. The number of alkyl carbamates (subject to hydrolysis) is 2. The summed E-state index contributed by atoms with van der Waals surface area (Å²) in [6, 6.07) is 0. The lowest BCUT2D eigenvalue weighted by Gasteiger charge is -2.58. The van der Waals surface area contributed by atoms with Gasteiger partial charge in [-0.15, -0.1) is 0 Å². The van der Waals surface area contributed by atoms with Gasteiger partial charge in [-0.25, -0.2) is 14.4 Å². The molecule has 0 unspecified atom stereocenters. The number of unbranched alkanes of at least 4 members (excludes halogenated alkanes) is 5. The van der Waals surface area contributed by atoms with Crippen molar-refractivity contribution in [3.8, 4) is 0 Å².